The summed E-state index contributed by atoms with van der Waals surface area (Å²) in [5.41, 5.74) is 3.17. The molecule has 1 aliphatic rings. The molecule has 94 valence electrons. The maximum atomic E-state index is 10.5. The van der Waals surface area contributed by atoms with E-state index in [-0.39, 0.29) is 0 Å². The molecule has 0 fully saturated rings. The van der Waals surface area contributed by atoms with Gasteiger partial charge in [0.15, 0.2) is 6.29 Å². The molecule has 5 heteroatoms. The lowest BCUT2D eigenvalue weighted by Crippen LogP contribution is -2.22. The van der Waals surface area contributed by atoms with Gasteiger partial charge in [-0.05, 0) is 42.9 Å². The highest BCUT2D eigenvalue weighted by atomic mass is 16.6. The Morgan fingerprint density at radius 1 is 1.33 bits per heavy atom. The first-order valence-corrected chi connectivity index (χ1v) is 5.96. The van der Waals surface area contributed by atoms with Gasteiger partial charge in [0.25, 0.3) is 0 Å². The summed E-state index contributed by atoms with van der Waals surface area (Å²) in [6.07, 6.45) is 5.67. The van der Waals surface area contributed by atoms with Crippen molar-refractivity contribution in [3.63, 3.8) is 0 Å². The topological polar surface area (TPSA) is 72.6 Å². The van der Waals surface area contributed by atoms with Crippen molar-refractivity contribution in [2.24, 2.45) is 4.99 Å². The Kier molecular flexibility index (Phi) is 3.82. The third-order valence-electron chi connectivity index (χ3n) is 3.12. The summed E-state index contributed by atoms with van der Waals surface area (Å²) in [4.78, 5) is 24.5. The Morgan fingerprint density at radius 3 is 2.83 bits per heavy atom. The Bertz CT molecular complexity index is 497. The Hall–Kier alpha value is -2.04. The first kappa shape index (κ1) is 12.4. The minimum atomic E-state index is -1.36. The molecule has 1 atom stereocenters. The number of hydrogen-bond acceptors (Lipinski definition) is 4. The van der Waals surface area contributed by atoms with Gasteiger partial charge in [-0.3, -0.25) is 19.9 Å². The van der Waals surface area contributed by atoms with Gasteiger partial charge in [-0.1, -0.05) is 12.1 Å². The second-order valence-electron chi connectivity index (χ2n) is 4.31. The van der Waals surface area contributed by atoms with Crippen LogP contribution in [0.15, 0.2) is 23.2 Å². The number of nitro groups is 1. The fraction of sp³-hybridized carbons (Fsp3) is 0.385. The average molecular weight is 246 g/mol. The van der Waals surface area contributed by atoms with Crippen molar-refractivity contribution in [1.29, 1.82) is 0 Å². The maximum Gasteiger partial charge on any atom is 0.302 e. The number of aliphatic imine (C=N–C) groups is 1. The van der Waals surface area contributed by atoms with E-state index in [4.69, 9.17) is 0 Å². The first-order valence-electron chi connectivity index (χ1n) is 5.96. The van der Waals surface area contributed by atoms with Crippen LogP contribution in [0, 0.1) is 10.1 Å². The van der Waals surface area contributed by atoms with E-state index >= 15 is 0 Å². The van der Waals surface area contributed by atoms with Crippen molar-refractivity contribution in [3.8, 4) is 0 Å². The molecular formula is C13H14N2O3. The van der Waals surface area contributed by atoms with E-state index in [1.807, 2.05) is 12.1 Å². The van der Waals surface area contributed by atoms with E-state index in [2.05, 4.69) is 11.1 Å². The van der Waals surface area contributed by atoms with Gasteiger partial charge < -0.3 is 0 Å². The molecule has 1 unspecified atom stereocenters. The highest BCUT2D eigenvalue weighted by molar-refractivity contribution is 5.85. The predicted molar refractivity (Wildman–Crippen MR) is 68.1 cm³/mol. The van der Waals surface area contributed by atoms with E-state index < -0.39 is 11.0 Å². The summed E-state index contributed by atoms with van der Waals surface area (Å²) < 4.78 is 0. The third-order valence-corrected chi connectivity index (χ3v) is 3.12. The lowest BCUT2D eigenvalue weighted by Gasteiger charge is -2.16. The maximum absolute atomic E-state index is 10.5. The predicted octanol–water partition coefficient (Wildman–Crippen LogP) is 2.11. The molecule has 1 aromatic rings. The van der Waals surface area contributed by atoms with Crippen LogP contribution in [0.25, 0.3) is 0 Å². The van der Waals surface area contributed by atoms with Crippen LogP contribution in [-0.2, 0) is 17.6 Å². The van der Waals surface area contributed by atoms with Crippen LogP contribution in [0.5, 0.6) is 0 Å². The van der Waals surface area contributed by atoms with E-state index in [9.17, 15) is 14.9 Å². The largest absolute Gasteiger partial charge is 0.302 e. The third kappa shape index (κ3) is 2.61. The van der Waals surface area contributed by atoms with Crippen molar-refractivity contribution >= 4 is 18.2 Å². The molecule has 0 radical (unpaired) electrons. The summed E-state index contributed by atoms with van der Waals surface area (Å²) in [7, 11) is 0. The number of carbonyl (C=O) groups is 1. The molecule has 1 aliphatic carbocycles. The zero-order valence-electron chi connectivity index (χ0n) is 9.91. The molecule has 1 aromatic carbocycles. The number of rotatable bonds is 4. The standard InChI is InChI=1S/C13H14N2O3/c16-9-11(15(17)18)8-14-13-7-3-5-10-4-1-2-6-12(10)13/h3,5,7-9,11H,1-2,4,6H2. The number of aryl methyl sites for hydroxylation is 1. The van der Waals surface area contributed by atoms with Crippen molar-refractivity contribution in [2.75, 3.05) is 0 Å². The van der Waals surface area contributed by atoms with Gasteiger partial charge in [0.05, 0.1) is 11.9 Å². The van der Waals surface area contributed by atoms with Crippen LogP contribution >= 0.6 is 0 Å². The van der Waals surface area contributed by atoms with Gasteiger partial charge >= 0.3 is 6.04 Å². The van der Waals surface area contributed by atoms with Crippen LogP contribution in [0.1, 0.15) is 24.0 Å². The van der Waals surface area contributed by atoms with Gasteiger partial charge in [-0.2, -0.15) is 0 Å². The summed E-state index contributed by atoms with van der Waals surface area (Å²) in [5, 5.41) is 10.5. The molecule has 5 nitrogen and oxygen atoms in total. The minimum Gasteiger partial charge on any atom is -0.295 e. The summed E-state index contributed by atoms with van der Waals surface area (Å²) >= 11 is 0. The number of hydrogen-bond donors (Lipinski definition) is 0. The number of nitrogens with zero attached hydrogens (tertiary/aromatic N) is 2. The molecule has 2 rings (SSSR count). The van der Waals surface area contributed by atoms with Crippen LogP contribution in [-0.4, -0.2) is 23.5 Å². The fourth-order valence-electron chi connectivity index (χ4n) is 2.18. The smallest absolute Gasteiger partial charge is 0.295 e. The molecule has 0 saturated heterocycles. The summed E-state index contributed by atoms with van der Waals surface area (Å²) in [5.74, 6) is 0. The zero-order chi connectivity index (χ0) is 13.0. The molecule has 0 aliphatic heterocycles. The van der Waals surface area contributed by atoms with E-state index in [0.29, 0.717) is 6.29 Å². The van der Waals surface area contributed by atoms with Crippen molar-refractivity contribution in [2.45, 2.75) is 31.7 Å². The van der Waals surface area contributed by atoms with E-state index in [1.165, 1.54) is 12.0 Å². The van der Waals surface area contributed by atoms with Crippen LogP contribution in [0.3, 0.4) is 0 Å². The lowest BCUT2D eigenvalue weighted by atomic mass is 9.90. The quantitative estimate of drug-likeness (QED) is 0.353. The molecule has 0 saturated carbocycles. The fourth-order valence-corrected chi connectivity index (χ4v) is 2.18. The molecule has 0 aromatic heterocycles. The minimum absolute atomic E-state index is 0.291. The molecule has 18 heavy (non-hydrogen) atoms. The van der Waals surface area contributed by atoms with Crippen molar-refractivity contribution in [3.05, 3.63) is 39.4 Å². The Balaban J connectivity index is 2.26. The number of carbonyl (C=O) groups excluding carboxylic acids is 1. The highest BCUT2D eigenvalue weighted by Gasteiger charge is 2.16. The molecular weight excluding hydrogens is 232 g/mol. The van der Waals surface area contributed by atoms with Crippen molar-refractivity contribution < 1.29 is 9.72 Å². The first-order chi connectivity index (χ1) is 8.72. The molecule has 0 amide bonds. The summed E-state index contributed by atoms with van der Waals surface area (Å²) in [6.45, 7) is 0. The van der Waals surface area contributed by atoms with Gasteiger partial charge in [0, 0.05) is 4.92 Å². The zero-order valence-corrected chi connectivity index (χ0v) is 9.91. The molecule has 0 spiro atoms. The molecule has 0 heterocycles. The van der Waals surface area contributed by atoms with Gasteiger partial charge in [0.1, 0.15) is 0 Å². The lowest BCUT2D eigenvalue weighted by molar-refractivity contribution is -0.485. The Labute approximate surface area is 105 Å². The van der Waals surface area contributed by atoms with Gasteiger partial charge in [-0.15, -0.1) is 0 Å². The molecule has 0 bridgehead atoms. The van der Waals surface area contributed by atoms with Crippen LogP contribution < -0.4 is 0 Å². The highest BCUT2D eigenvalue weighted by Crippen LogP contribution is 2.29. The van der Waals surface area contributed by atoms with Crippen LogP contribution in [0.2, 0.25) is 0 Å². The molecule has 0 N–H and O–H groups in total. The monoisotopic (exact) mass is 246 g/mol. The second kappa shape index (κ2) is 5.53. The second-order valence-corrected chi connectivity index (χ2v) is 4.31. The van der Waals surface area contributed by atoms with Crippen molar-refractivity contribution in [1.82, 2.24) is 0 Å². The van der Waals surface area contributed by atoms with Gasteiger partial charge in [0.2, 0.25) is 0 Å². The van der Waals surface area contributed by atoms with Gasteiger partial charge in [-0.25, -0.2) is 0 Å². The van der Waals surface area contributed by atoms with E-state index in [1.54, 1.807) is 0 Å². The Morgan fingerprint density at radius 2 is 2.11 bits per heavy atom. The number of benzene rings is 1. The average Bonchev–Trinajstić information content (AvgIpc) is 2.39. The van der Waals surface area contributed by atoms with E-state index in [0.717, 1.165) is 36.7 Å². The summed E-state index contributed by atoms with van der Waals surface area (Å²) in [6, 6.07) is 4.45. The SMILES string of the molecule is O=CC(C=Nc1cccc2c1CCCC2)[N+](=O)[O-]. The van der Waals surface area contributed by atoms with Crippen LogP contribution in [0.4, 0.5) is 5.69 Å². The number of fused-ring (bicyclic) bond motifs is 1. The number of aldehydes is 1. The normalized spacial score (nSPS) is 16.2.